The first kappa shape index (κ1) is 11.8. The minimum absolute atomic E-state index is 0.108. The van der Waals surface area contributed by atoms with E-state index in [1.54, 1.807) is 0 Å². The van der Waals surface area contributed by atoms with E-state index in [1.165, 1.54) is 13.1 Å². The highest BCUT2D eigenvalue weighted by Gasteiger charge is 2.13. The van der Waals surface area contributed by atoms with Crippen LogP contribution in [0.1, 0.15) is 5.56 Å². The van der Waals surface area contributed by atoms with Crippen molar-refractivity contribution < 1.29 is 19.9 Å². The van der Waals surface area contributed by atoms with Crippen LogP contribution < -0.4 is 0 Å². The van der Waals surface area contributed by atoms with Crippen molar-refractivity contribution >= 4 is 11.8 Å². The molecule has 16 heavy (non-hydrogen) atoms. The standard InChI is InChI=1S/C9H10N2O5/c1-10(9(13)14)5-6-4-7(11(15)16)2-3-8(6)12/h2-4,12H,5H2,1H3,(H,13,14). The summed E-state index contributed by atoms with van der Waals surface area (Å²) in [7, 11) is 1.31. The number of hydrogen-bond acceptors (Lipinski definition) is 4. The Bertz CT molecular complexity index is 432. The second kappa shape index (κ2) is 4.47. The van der Waals surface area contributed by atoms with Gasteiger partial charge < -0.3 is 15.1 Å². The number of non-ortho nitro benzene ring substituents is 1. The van der Waals surface area contributed by atoms with E-state index in [4.69, 9.17) is 5.11 Å². The molecule has 1 aromatic carbocycles. The molecule has 0 aromatic heterocycles. The summed E-state index contributed by atoms with van der Waals surface area (Å²) in [5, 5.41) is 28.5. The largest absolute Gasteiger partial charge is 0.508 e. The molecule has 0 spiro atoms. The van der Waals surface area contributed by atoms with Gasteiger partial charge in [0.1, 0.15) is 5.75 Å². The Morgan fingerprint density at radius 1 is 1.56 bits per heavy atom. The van der Waals surface area contributed by atoms with Crippen molar-refractivity contribution in [1.82, 2.24) is 4.90 Å². The van der Waals surface area contributed by atoms with Crippen LogP contribution >= 0.6 is 0 Å². The van der Waals surface area contributed by atoms with Gasteiger partial charge >= 0.3 is 6.09 Å². The van der Waals surface area contributed by atoms with Crippen LogP contribution in [0.2, 0.25) is 0 Å². The molecule has 0 aliphatic rings. The lowest BCUT2D eigenvalue weighted by molar-refractivity contribution is -0.385. The number of rotatable bonds is 3. The van der Waals surface area contributed by atoms with E-state index in [0.717, 1.165) is 17.0 Å². The molecule has 0 aliphatic carbocycles. The molecule has 86 valence electrons. The summed E-state index contributed by atoms with van der Waals surface area (Å²) < 4.78 is 0. The molecule has 0 aliphatic heterocycles. The summed E-state index contributed by atoms with van der Waals surface area (Å²) in [5.74, 6) is -0.168. The minimum Gasteiger partial charge on any atom is -0.508 e. The lowest BCUT2D eigenvalue weighted by Gasteiger charge is -2.13. The fourth-order valence-corrected chi connectivity index (χ4v) is 1.14. The van der Waals surface area contributed by atoms with Crippen LogP contribution in [0.25, 0.3) is 0 Å². The number of nitro groups is 1. The first-order chi connectivity index (χ1) is 7.41. The quantitative estimate of drug-likeness (QED) is 0.599. The molecule has 0 saturated heterocycles. The number of carboxylic acid groups (broad SMARTS) is 1. The monoisotopic (exact) mass is 226 g/mol. The average molecular weight is 226 g/mol. The maximum Gasteiger partial charge on any atom is 0.407 e. The molecule has 0 fully saturated rings. The molecule has 1 aromatic rings. The molecule has 0 radical (unpaired) electrons. The van der Waals surface area contributed by atoms with Crippen LogP contribution in [-0.2, 0) is 6.54 Å². The lowest BCUT2D eigenvalue weighted by Crippen LogP contribution is -2.23. The van der Waals surface area contributed by atoms with Crippen LogP contribution in [0, 0.1) is 10.1 Å². The maximum absolute atomic E-state index is 10.5. The molecule has 7 heteroatoms. The molecule has 2 N–H and O–H groups in total. The van der Waals surface area contributed by atoms with Crippen LogP contribution in [-0.4, -0.2) is 33.2 Å². The van der Waals surface area contributed by atoms with E-state index in [-0.39, 0.29) is 23.5 Å². The summed E-state index contributed by atoms with van der Waals surface area (Å²) >= 11 is 0. The summed E-state index contributed by atoms with van der Waals surface area (Å²) in [6.45, 7) is -0.108. The van der Waals surface area contributed by atoms with E-state index in [0.29, 0.717) is 0 Å². The van der Waals surface area contributed by atoms with Crippen molar-refractivity contribution in [3.63, 3.8) is 0 Å². The SMILES string of the molecule is CN(Cc1cc([N+](=O)[O-])ccc1O)C(=O)O. The first-order valence-electron chi connectivity index (χ1n) is 4.32. The van der Waals surface area contributed by atoms with Crippen molar-refractivity contribution in [2.45, 2.75) is 6.54 Å². The molecule has 0 heterocycles. The molecular weight excluding hydrogens is 216 g/mol. The van der Waals surface area contributed by atoms with Gasteiger partial charge in [-0.1, -0.05) is 0 Å². The molecule has 1 rings (SSSR count). The lowest BCUT2D eigenvalue weighted by atomic mass is 10.1. The van der Waals surface area contributed by atoms with Crippen molar-refractivity contribution in [1.29, 1.82) is 0 Å². The zero-order valence-corrected chi connectivity index (χ0v) is 8.45. The molecule has 1 amide bonds. The number of nitro benzene ring substituents is 1. The number of hydrogen-bond donors (Lipinski definition) is 2. The van der Waals surface area contributed by atoms with Crippen molar-refractivity contribution in [3.05, 3.63) is 33.9 Å². The van der Waals surface area contributed by atoms with E-state index in [2.05, 4.69) is 0 Å². The summed E-state index contributed by atoms with van der Waals surface area (Å²) in [5.41, 5.74) is 0.00527. The van der Waals surface area contributed by atoms with Crippen LogP contribution in [0.5, 0.6) is 5.75 Å². The molecule has 0 saturated carbocycles. The van der Waals surface area contributed by atoms with Gasteiger partial charge in [0.05, 0.1) is 11.5 Å². The predicted octanol–water partition coefficient (Wildman–Crippen LogP) is 1.41. The summed E-state index contributed by atoms with van der Waals surface area (Å²) in [6.07, 6.45) is -1.18. The normalized spacial score (nSPS) is 9.81. The van der Waals surface area contributed by atoms with Gasteiger partial charge in [-0.25, -0.2) is 4.79 Å². The average Bonchev–Trinajstić information content (AvgIpc) is 2.20. The number of phenolic OH excluding ortho intramolecular Hbond substituents is 1. The van der Waals surface area contributed by atoms with Gasteiger partial charge in [-0.05, 0) is 6.07 Å². The smallest absolute Gasteiger partial charge is 0.407 e. The van der Waals surface area contributed by atoms with Gasteiger partial charge in [0.15, 0.2) is 0 Å². The van der Waals surface area contributed by atoms with Crippen molar-refractivity contribution in [2.75, 3.05) is 7.05 Å². The highest BCUT2D eigenvalue weighted by molar-refractivity contribution is 5.64. The molecule has 7 nitrogen and oxygen atoms in total. The third-order valence-electron chi connectivity index (χ3n) is 2.01. The van der Waals surface area contributed by atoms with E-state index in [9.17, 15) is 20.0 Å². The fraction of sp³-hybridized carbons (Fsp3) is 0.222. The van der Waals surface area contributed by atoms with E-state index in [1.807, 2.05) is 0 Å². The second-order valence-electron chi connectivity index (χ2n) is 3.21. The second-order valence-corrected chi connectivity index (χ2v) is 3.21. The van der Waals surface area contributed by atoms with Crippen LogP contribution in [0.15, 0.2) is 18.2 Å². The van der Waals surface area contributed by atoms with Crippen LogP contribution in [0.3, 0.4) is 0 Å². The maximum atomic E-state index is 10.5. The Kier molecular flexibility index (Phi) is 3.29. The van der Waals surface area contributed by atoms with E-state index < -0.39 is 11.0 Å². The Labute approximate surface area is 90.7 Å². The number of carbonyl (C=O) groups is 1. The third-order valence-corrected chi connectivity index (χ3v) is 2.01. The van der Waals surface area contributed by atoms with Crippen molar-refractivity contribution in [3.8, 4) is 5.75 Å². The third kappa shape index (κ3) is 2.59. The number of phenols is 1. The van der Waals surface area contributed by atoms with Gasteiger partial charge in [-0.3, -0.25) is 10.1 Å². The number of amides is 1. The highest BCUT2D eigenvalue weighted by Crippen LogP contribution is 2.23. The predicted molar refractivity (Wildman–Crippen MR) is 54.3 cm³/mol. The minimum atomic E-state index is -1.18. The summed E-state index contributed by atoms with van der Waals surface area (Å²) in [4.78, 5) is 21.3. The number of aromatic hydroxyl groups is 1. The van der Waals surface area contributed by atoms with Gasteiger partial charge in [0.2, 0.25) is 0 Å². The van der Waals surface area contributed by atoms with Gasteiger partial charge in [-0.15, -0.1) is 0 Å². The Morgan fingerprint density at radius 2 is 2.19 bits per heavy atom. The highest BCUT2D eigenvalue weighted by atomic mass is 16.6. The molecule has 0 unspecified atom stereocenters. The molecule has 0 bridgehead atoms. The first-order valence-corrected chi connectivity index (χ1v) is 4.32. The summed E-state index contributed by atoms with van der Waals surface area (Å²) in [6, 6.07) is 3.47. The number of nitrogens with zero attached hydrogens (tertiary/aromatic N) is 2. The Hall–Kier alpha value is -2.31. The topological polar surface area (TPSA) is 104 Å². The zero-order valence-electron chi connectivity index (χ0n) is 8.45. The van der Waals surface area contributed by atoms with Gasteiger partial charge in [0, 0.05) is 24.7 Å². The zero-order chi connectivity index (χ0) is 12.3. The van der Waals surface area contributed by atoms with Gasteiger partial charge in [-0.2, -0.15) is 0 Å². The number of benzene rings is 1. The fourth-order valence-electron chi connectivity index (χ4n) is 1.14. The van der Waals surface area contributed by atoms with Crippen LogP contribution in [0.4, 0.5) is 10.5 Å². The van der Waals surface area contributed by atoms with E-state index >= 15 is 0 Å². The molecular formula is C9H10N2O5. The van der Waals surface area contributed by atoms with Gasteiger partial charge in [0.25, 0.3) is 5.69 Å². The Balaban J connectivity index is 2.98. The Morgan fingerprint density at radius 3 is 2.69 bits per heavy atom. The van der Waals surface area contributed by atoms with Crippen molar-refractivity contribution in [2.24, 2.45) is 0 Å². The molecule has 0 atom stereocenters.